The maximum atomic E-state index is 12.7. The van der Waals surface area contributed by atoms with E-state index in [2.05, 4.69) is 45.8 Å². The lowest BCUT2D eigenvalue weighted by Crippen LogP contribution is -2.59. The van der Waals surface area contributed by atoms with Crippen LogP contribution in [-0.4, -0.2) is 56.7 Å². The molecule has 1 aliphatic heterocycles. The summed E-state index contributed by atoms with van der Waals surface area (Å²) in [7, 11) is 0. The molecule has 2 aromatic heterocycles. The fourth-order valence-corrected chi connectivity index (χ4v) is 4.01. The highest BCUT2D eigenvalue weighted by atomic mass is 16.6. The number of nitrogens with one attached hydrogen (secondary N) is 1. The van der Waals surface area contributed by atoms with Gasteiger partial charge in [0.1, 0.15) is 23.4 Å². The van der Waals surface area contributed by atoms with Gasteiger partial charge in [-0.2, -0.15) is 0 Å². The number of H-pyrrole nitrogens is 1. The van der Waals surface area contributed by atoms with Crippen molar-refractivity contribution < 1.29 is 9.53 Å². The van der Waals surface area contributed by atoms with Crippen LogP contribution in [0.5, 0.6) is 0 Å². The molecule has 1 aromatic carbocycles. The van der Waals surface area contributed by atoms with Gasteiger partial charge in [-0.3, -0.25) is 0 Å². The molecule has 30 heavy (non-hydrogen) atoms. The molecule has 0 radical (unpaired) electrons. The Morgan fingerprint density at radius 1 is 1.10 bits per heavy atom. The third-order valence-corrected chi connectivity index (χ3v) is 5.42. The molecular weight excluding hydrogens is 378 g/mol. The molecular formula is C23H29N5O2. The lowest BCUT2D eigenvalue weighted by Gasteiger charge is -2.44. The molecule has 158 valence electrons. The van der Waals surface area contributed by atoms with Gasteiger partial charge in [-0.15, -0.1) is 0 Å². The van der Waals surface area contributed by atoms with Crippen molar-refractivity contribution in [1.29, 1.82) is 0 Å². The number of anilines is 1. The Hall–Kier alpha value is -3.09. The van der Waals surface area contributed by atoms with Crippen molar-refractivity contribution in [2.75, 3.05) is 18.0 Å². The van der Waals surface area contributed by atoms with Crippen molar-refractivity contribution in [2.45, 2.75) is 52.3 Å². The Kier molecular flexibility index (Phi) is 5.13. The maximum absolute atomic E-state index is 12.7. The Labute approximate surface area is 177 Å². The van der Waals surface area contributed by atoms with Gasteiger partial charge in [0.25, 0.3) is 0 Å². The number of ether oxygens (including phenoxy) is 1. The highest BCUT2D eigenvalue weighted by Crippen LogP contribution is 2.35. The standard InChI is InChI=1S/C23H29N5O2/c1-15-13-28(22(29)30-23(3,4)5)16(2)12-27(15)21-19-18(17-9-7-6-8-10-17)11-24-20(19)25-14-26-21/h6-11,14-16H,12-13H2,1-5H3,(H,24,25,26)/t15?,16-/m0/s1. The highest BCUT2D eigenvalue weighted by molar-refractivity contribution is 6.01. The zero-order chi connectivity index (χ0) is 21.5. The summed E-state index contributed by atoms with van der Waals surface area (Å²) in [5, 5.41) is 1.01. The van der Waals surface area contributed by atoms with E-state index in [-0.39, 0.29) is 18.2 Å². The van der Waals surface area contributed by atoms with Gasteiger partial charge in [-0.25, -0.2) is 14.8 Å². The zero-order valence-electron chi connectivity index (χ0n) is 18.2. The molecule has 7 heteroatoms. The summed E-state index contributed by atoms with van der Waals surface area (Å²) < 4.78 is 5.61. The molecule has 1 saturated heterocycles. The molecule has 1 fully saturated rings. The van der Waals surface area contributed by atoms with Crippen molar-refractivity contribution >= 4 is 22.9 Å². The molecule has 1 aliphatic rings. The molecule has 7 nitrogen and oxygen atoms in total. The van der Waals surface area contributed by atoms with Crippen molar-refractivity contribution in [3.63, 3.8) is 0 Å². The monoisotopic (exact) mass is 407 g/mol. The number of benzene rings is 1. The van der Waals surface area contributed by atoms with Crippen LogP contribution in [0.2, 0.25) is 0 Å². The van der Waals surface area contributed by atoms with E-state index in [0.717, 1.165) is 28.0 Å². The lowest BCUT2D eigenvalue weighted by molar-refractivity contribution is 0.0130. The van der Waals surface area contributed by atoms with Crippen LogP contribution in [0, 0.1) is 0 Å². The van der Waals surface area contributed by atoms with E-state index in [1.54, 1.807) is 6.33 Å². The molecule has 1 N–H and O–H groups in total. The lowest BCUT2D eigenvalue weighted by atomic mass is 10.0. The number of carbonyl (C=O) groups is 1. The number of fused-ring (bicyclic) bond motifs is 1. The van der Waals surface area contributed by atoms with Crippen LogP contribution in [0.15, 0.2) is 42.9 Å². The van der Waals surface area contributed by atoms with Crippen LogP contribution >= 0.6 is 0 Å². The van der Waals surface area contributed by atoms with E-state index >= 15 is 0 Å². The maximum Gasteiger partial charge on any atom is 0.410 e. The molecule has 3 aromatic rings. The SMILES string of the molecule is CC1CN(C(=O)OC(C)(C)C)[C@@H](C)CN1c1ncnc2[nH]cc(-c3ccccc3)c12. The number of aromatic amines is 1. The number of hydrogen-bond acceptors (Lipinski definition) is 5. The minimum absolute atomic E-state index is 0.000169. The second kappa shape index (κ2) is 7.63. The normalized spacial score (nSPS) is 19.9. The second-order valence-corrected chi connectivity index (χ2v) is 8.97. The predicted octanol–water partition coefficient (Wildman–Crippen LogP) is 4.46. The predicted molar refractivity (Wildman–Crippen MR) is 119 cm³/mol. The molecule has 2 atom stereocenters. The van der Waals surface area contributed by atoms with Gasteiger partial charge in [-0.1, -0.05) is 30.3 Å². The summed E-state index contributed by atoms with van der Waals surface area (Å²) in [5.41, 5.74) is 2.50. The second-order valence-electron chi connectivity index (χ2n) is 8.97. The summed E-state index contributed by atoms with van der Waals surface area (Å²) in [4.78, 5) is 29.1. The first-order valence-corrected chi connectivity index (χ1v) is 10.4. The van der Waals surface area contributed by atoms with Crippen LogP contribution in [0.25, 0.3) is 22.2 Å². The van der Waals surface area contributed by atoms with Crippen LogP contribution in [0.1, 0.15) is 34.6 Å². The van der Waals surface area contributed by atoms with Crippen molar-refractivity contribution in [3.05, 3.63) is 42.9 Å². The molecule has 0 saturated carbocycles. The third-order valence-electron chi connectivity index (χ3n) is 5.42. The van der Waals surface area contributed by atoms with Crippen LogP contribution < -0.4 is 4.90 Å². The molecule has 4 rings (SSSR count). The number of amides is 1. The van der Waals surface area contributed by atoms with Gasteiger partial charge in [0.05, 0.1) is 5.39 Å². The average molecular weight is 408 g/mol. The van der Waals surface area contributed by atoms with Crippen molar-refractivity contribution in [1.82, 2.24) is 19.9 Å². The number of hydrogen-bond donors (Lipinski definition) is 1. The average Bonchev–Trinajstić information content (AvgIpc) is 3.13. The van der Waals surface area contributed by atoms with Crippen LogP contribution in [0.4, 0.5) is 10.6 Å². The largest absolute Gasteiger partial charge is 0.444 e. The first-order valence-electron chi connectivity index (χ1n) is 10.4. The van der Waals surface area contributed by atoms with E-state index in [0.29, 0.717) is 13.1 Å². The van der Waals surface area contributed by atoms with E-state index in [9.17, 15) is 4.79 Å². The first kappa shape index (κ1) is 20.2. The molecule has 0 spiro atoms. The minimum Gasteiger partial charge on any atom is -0.444 e. The summed E-state index contributed by atoms with van der Waals surface area (Å²) in [5.74, 6) is 0.892. The topological polar surface area (TPSA) is 74.3 Å². The zero-order valence-corrected chi connectivity index (χ0v) is 18.2. The summed E-state index contributed by atoms with van der Waals surface area (Å²) in [6.07, 6.45) is 3.32. The smallest absolute Gasteiger partial charge is 0.410 e. The Balaban J connectivity index is 1.67. The summed E-state index contributed by atoms with van der Waals surface area (Å²) >= 11 is 0. The van der Waals surface area contributed by atoms with E-state index in [1.807, 2.05) is 50.1 Å². The molecule has 0 bridgehead atoms. The van der Waals surface area contributed by atoms with Gasteiger partial charge >= 0.3 is 6.09 Å². The van der Waals surface area contributed by atoms with Gasteiger partial charge in [-0.05, 0) is 40.2 Å². The summed E-state index contributed by atoms with van der Waals surface area (Å²) in [6, 6.07) is 10.3. The Morgan fingerprint density at radius 2 is 1.83 bits per heavy atom. The van der Waals surface area contributed by atoms with Crippen LogP contribution in [0.3, 0.4) is 0 Å². The number of piperazine rings is 1. The van der Waals surface area contributed by atoms with Crippen molar-refractivity contribution in [3.8, 4) is 11.1 Å². The molecule has 1 amide bonds. The van der Waals surface area contributed by atoms with E-state index < -0.39 is 5.60 Å². The molecule has 3 heterocycles. The number of rotatable bonds is 2. The van der Waals surface area contributed by atoms with Gasteiger partial charge in [0, 0.05) is 36.9 Å². The third kappa shape index (κ3) is 3.84. The molecule has 1 unspecified atom stereocenters. The van der Waals surface area contributed by atoms with E-state index in [4.69, 9.17) is 4.74 Å². The Morgan fingerprint density at radius 3 is 2.53 bits per heavy atom. The number of carbonyl (C=O) groups excluding carboxylic acids is 1. The number of aromatic nitrogens is 3. The fraction of sp³-hybridized carbons (Fsp3) is 0.435. The molecule has 0 aliphatic carbocycles. The Bertz CT molecular complexity index is 1040. The van der Waals surface area contributed by atoms with E-state index in [1.165, 1.54) is 0 Å². The van der Waals surface area contributed by atoms with Crippen molar-refractivity contribution in [2.24, 2.45) is 0 Å². The number of nitrogens with zero attached hydrogens (tertiary/aromatic N) is 4. The highest BCUT2D eigenvalue weighted by Gasteiger charge is 2.36. The summed E-state index contributed by atoms with van der Waals surface area (Å²) in [6.45, 7) is 11.1. The van der Waals surface area contributed by atoms with Crippen LogP contribution in [-0.2, 0) is 4.74 Å². The van der Waals surface area contributed by atoms with Gasteiger partial charge < -0.3 is 19.5 Å². The van der Waals surface area contributed by atoms with Gasteiger partial charge in [0.15, 0.2) is 0 Å². The quantitative estimate of drug-likeness (QED) is 0.679. The first-order chi connectivity index (χ1) is 14.2. The fourth-order valence-electron chi connectivity index (χ4n) is 4.01. The minimum atomic E-state index is -0.508. The van der Waals surface area contributed by atoms with Gasteiger partial charge in [0.2, 0.25) is 0 Å².